The second-order valence-corrected chi connectivity index (χ2v) is 5.35. The van der Waals surface area contributed by atoms with Gasteiger partial charge in [0.25, 0.3) is 0 Å². The molecule has 3 heteroatoms. The summed E-state index contributed by atoms with van der Waals surface area (Å²) in [4.78, 5) is 25.1. The molecule has 1 unspecified atom stereocenters. The van der Waals surface area contributed by atoms with Gasteiger partial charge in [-0.1, -0.05) is 54.1 Å². The molecule has 0 amide bonds. The van der Waals surface area contributed by atoms with Gasteiger partial charge in [0.15, 0.2) is 5.78 Å². The Balaban J connectivity index is 2.13. The number of aryl methyl sites for hydroxylation is 1. The maximum absolute atomic E-state index is 12.7. The largest absolute Gasteiger partial charge is 0.298 e. The molecule has 2 aromatic rings. The van der Waals surface area contributed by atoms with E-state index in [1.54, 1.807) is 30.3 Å². The van der Waals surface area contributed by atoms with Crippen LogP contribution in [-0.2, 0) is 11.2 Å². The van der Waals surface area contributed by atoms with Crippen LogP contribution >= 0.6 is 11.6 Å². The fourth-order valence-corrected chi connectivity index (χ4v) is 2.95. The standard InChI is InChI=1S/C17H13ClO2/c18-14-8-4-3-7-13(14)16-15(19)10-9-11-5-1-2-6-12(11)17(16)20/h1-8,16H,9-10H2. The first-order valence-electron chi connectivity index (χ1n) is 6.58. The molecule has 1 atom stereocenters. The van der Waals surface area contributed by atoms with Crippen LogP contribution in [0.15, 0.2) is 48.5 Å². The molecule has 0 N–H and O–H groups in total. The zero-order valence-corrected chi connectivity index (χ0v) is 11.6. The van der Waals surface area contributed by atoms with Gasteiger partial charge in [0.1, 0.15) is 11.7 Å². The van der Waals surface area contributed by atoms with Crippen LogP contribution in [0.4, 0.5) is 0 Å². The molecule has 2 aromatic carbocycles. The number of carbonyl (C=O) groups excluding carboxylic acids is 2. The second kappa shape index (κ2) is 5.22. The summed E-state index contributed by atoms with van der Waals surface area (Å²) in [7, 11) is 0. The van der Waals surface area contributed by atoms with Gasteiger partial charge in [-0.3, -0.25) is 9.59 Å². The number of carbonyl (C=O) groups is 2. The molecule has 0 heterocycles. The van der Waals surface area contributed by atoms with E-state index >= 15 is 0 Å². The minimum atomic E-state index is -0.771. The Labute approximate surface area is 122 Å². The van der Waals surface area contributed by atoms with Gasteiger partial charge in [0.2, 0.25) is 0 Å². The molecule has 0 saturated heterocycles. The molecular weight excluding hydrogens is 272 g/mol. The van der Waals surface area contributed by atoms with E-state index in [4.69, 9.17) is 11.6 Å². The third kappa shape index (κ3) is 2.16. The Morgan fingerprint density at radius 2 is 1.60 bits per heavy atom. The molecule has 2 nitrogen and oxygen atoms in total. The molecule has 0 aromatic heterocycles. The monoisotopic (exact) mass is 284 g/mol. The second-order valence-electron chi connectivity index (χ2n) is 4.94. The van der Waals surface area contributed by atoms with Crippen molar-refractivity contribution >= 4 is 23.2 Å². The summed E-state index contributed by atoms with van der Waals surface area (Å²) in [5.41, 5.74) is 2.20. The quantitative estimate of drug-likeness (QED) is 0.589. The van der Waals surface area contributed by atoms with E-state index in [1.807, 2.05) is 18.2 Å². The van der Waals surface area contributed by atoms with E-state index in [-0.39, 0.29) is 11.6 Å². The van der Waals surface area contributed by atoms with Gasteiger partial charge in [-0.15, -0.1) is 0 Å². The van der Waals surface area contributed by atoms with Crippen LogP contribution in [0.1, 0.15) is 33.8 Å². The molecule has 0 aliphatic heterocycles. The highest BCUT2D eigenvalue weighted by molar-refractivity contribution is 6.32. The van der Waals surface area contributed by atoms with Gasteiger partial charge in [0, 0.05) is 17.0 Å². The molecule has 100 valence electrons. The Hall–Kier alpha value is -1.93. The van der Waals surface area contributed by atoms with Crippen LogP contribution in [0.2, 0.25) is 5.02 Å². The number of ketones is 2. The summed E-state index contributed by atoms with van der Waals surface area (Å²) in [5.74, 6) is -0.970. The molecule has 0 radical (unpaired) electrons. The Morgan fingerprint density at radius 1 is 0.900 bits per heavy atom. The van der Waals surface area contributed by atoms with Gasteiger partial charge < -0.3 is 0 Å². The van der Waals surface area contributed by atoms with Crippen LogP contribution in [0.5, 0.6) is 0 Å². The van der Waals surface area contributed by atoms with E-state index in [1.165, 1.54) is 0 Å². The first kappa shape index (κ1) is 13.1. The zero-order valence-electron chi connectivity index (χ0n) is 10.8. The third-order valence-electron chi connectivity index (χ3n) is 3.72. The number of Topliss-reactive ketones (excluding diaryl/α,β-unsaturated/α-hetero) is 2. The van der Waals surface area contributed by atoms with E-state index < -0.39 is 5.92 Å². The van der Waals surface area contributed by atoms with Crippen LogP contribution in [-0.4, -0.2) is 11.6 Å². The normalized spacial score (nSPS) is 18.6. The van der Waals surface area contributed by atoms with Crippen molar-refractivity contribution < 1.29 is 9.59 Å². The van der Waals surface area contributed by atoms with Crippen molar-refractivity contribution in [3.8, 4) is 0 Å². The Bertz CT molecular complexity index is 691. The Morgan fingerprint density at radius 3 is 2.40 bits per heavy atom. The summed E-state index contributed by atoms with van der Waals surface area (Å²) in [5, 5.41) is 0.471. The summed E-state index contributed by atoms with van der Waals surface area (Å²) in [6.07, 6.45) is 0.986. The smallest absolute Gasteiger partial charge is 0.178 e. The first-order valence-corrected chi connectivity index (χ1v) is 6.95. The predicted octanol–water partition coefficient (Wildman–Crippen LogP) is 3.82. The lowest BCUT2D eigenvalue weighted by Crippen LogP contribution is -2.20. The summed E-state index contributed by atoms with van der Waals surface area (Å²) < 4.78 is 0. The van der Waals surface area contributed by atoms with Crippen molar-refractivity contribution in [3.63, 3.8) is 0 Å². The van der Waals surface area contributed by atoms with Gasteiger partial charge >= 0.3 is 0 Å². The number of hydrogen-bond acceptors (Lipinski definition) is 2. The molecule has 0 fully saturated rings. The van der Waals surface area contributed by atoms with Crippen molar-refractivity contribution in [2.45, 2.75) is 18.8 Å². The average Bonchev–Trinajstić information content (AvgIpc) is 2.58. The topological polar surface area (TPSA) is 34.1 Å². The van der Waals surface area contributed by atoms with E-state index in [0.29, 0.717) is 29.0 Å². The molecule has 0 spiro atoms. The number of benzene rings is 2. The van der Waals surface area contributed by atoms with Crippen molar-refractivity contribution in [2.24, 2.45) is 0 Å². The minimum Gasteiger partial charge on any atom is -0.298 e. The summed E-state index contributed by atoms with van der Waals surface area (Å²) in [6.45, 7) is 0. The van der Waals surface area contributed by atoms with Crippen LogP contribution in [0.3, 0.4) is 0 Å². The third-order valence-corrected chi connectivity index (χ3v) is 4.07. The highest BCUT2D eigenvalue weighted by atomic mass is 35.5. The molecule has 0 saturated carbocycles. The van der Waals surface area contributed by atoms with Crippen LogP contribution < -0.4 is 0 Å². The number of fused-ring (bicyclic) bond motifs is 1. The highest BCUT2D eigenvalue weighted by Gasteiger charge is 2.33. The lowest BCUT2D eigenvalue weighted by Gasteiger charge is -2.14. The van der Waals surface area contributed by atoms with Crippen molar-refractivity contribution in [3.05, 3.63) is 70.2 Å². The van der Waals surface area contributed by atoms with Gasteiger partial charge in [-0.25, -0.2) is 0 Å². The van der Waals surface area contributed by atoms with Gasteiger partial charge in [0.05, 0.1) is 0 Å². The maximum Gasteiger partial charge on any atom is 0.178 e. The predicted molar refractivity (Wildman–Crippen MR) is 78.3 cm³/mol. The molecule has 20 heavy (non-hydrogen) atoms. The van der Waals surface area contributed by atoms with Crippen LogP contribution in [0.25, 0.3) is 0 Å². The summed E-state index contributed by atoms with van der Waals surface area (Å²) >= 11 is 6.16. The molecule has 1 aliphatic rings. The Kier molecular flexibility index (Phi) is 3.41. The highest BCUT2D eigenvalue weighted by Crippen LogP contribution is 2.32. The lowest BCUT2D eigenvalue weighted by atomic mass is 9.88. The average molecular weight is 285 g/mol. The van der Waals surface area contributed by atoms with Crippen molar-refractivity contribution in [1.82, 2.24) is 0 Å². The van der Waals surface area contributed by atoms with Crippen LogP contribution in [0, 0.1) is 0 Å². The van der Waals surface area contributed by atoms with E-state index in [2.05, 4.69) is 0 Å². The molecule has 0 bridgehead atoms. The van der Waals surface area contributed by atoms with Gasteiger partial charge in [-0.2, -0.15) is 0 Å². The number of rotatable bonds is 1. The van der Waals surface area contributed by atoms with Crippen molar-refractivity contribution in [1.29, 1.82) is 0 Å². The number of hydrogen-bond donors (Lipinski definition) is 0. The number of halogens is 1. The van der Waals surface area contributed by atoms with E-state index in [9.17, 15) is 9.59 Å². The molecule has 3 rings (SSSR count). The van der Waals surface area contributed by atoms with Crippen molar-refractivity contribution in [2.75, 3.05) is 0 Å². The van der Waals surface area contributed by atoms with E-state index in [0.717, 1.165) is 5.56 Å². The fourth-order valence-electron chi connectivity index (χ4n) is 2.71. The zero-order chi connectivity index (χ0) is 14.1. The lowest BCUT2D eigenvalue weighted by molar-refractivity contribution is -0.119. The molecule has 1 aliphatic carbocycles. The fraction of sp³-hybridized carbons (Fsp3) is 0.176. The summed E-state index contributed by atoms with van der Waals surface area (Å²) in [6, 6.07) is 14.5. The molecular formula is C17H13ClO2. The SMILES string of the molecule is O=C1CCc2ccccc2C(=O)C1c1ccccc1Cl. The first-order chi connectivity index (χ1) is 9.68. The maximum atomic E-state index is 12.7. The minimum absolute atomic E-state index is 0.0562. The van der Waals surface area contributed by atoms with Gasteiger partial charge in [-0.05, 0) is 23.6 Å².